The summed E-state index contributed by atoms with van der Waals surface area (Å²) in [5.74, 6) is 0. The number of hydrogen-bond acceptors (Lipinski definition) is 1. The Morgan fingerprint density at radius 3 is 2.18 bits per heavy atom. The number of hydrogen-bond donors (Lipinski definition) is 2. The molecule has 0 aliphatic rings. The molecule has 0 aliphatic carbocycles. The van der Waals surface area contributed by atoms with Crippen LogP contribution in [0.2, 0.25) is 0 Å². The van der Waals surface area contributed by atoms with Crippen LogP contribution in [-0.2, 0) is 0 Å². The summed E-state index contributed by atoms with van der Waals surface area (Å²) >= 11 is 5.47. The second-order valence-electron chi connectivity index (χ2n) is 6.00. The van der Waals surface area contributed by atoms with Crippen LogP contribution in [0.5, 0.6) is 0 Å². The molecule has 0 saturated carbocycles. The largest absolute Gasteiger partial charge is 0.356 e. The van der Waals surface area contributed by atoms with Crippen LogP contribution in [0.25, 0.3) is 0 Å². The van der Waals surface area contributed by atoms with E-state index >= 15 is 0 Å². The zero-order valence-electron chi connectivity index (χ0n) is 13.9. The van der Waals surface area contributed by atoms with Gasteiger partial charge in [-0.2, -0.15) is 0 Å². The molecular formula is C19H24N2S. The summed E-state index contributed by atoms with van der Waals surface area (Å²) in [5, 5.41) is 7.34. The predicted octanol–water partition coefficient (Wildman–Crippen LogP) is 4.97. The number of nitrogens with one attached hydrogen (secondary N) is 2. The van der Waals surface area contributed by atoms with Crippen molar-refractivity contribution < 1.29 is 0 Å². The molecule has 2 rings (SSSR count). The summed E-state index contributed by atoms with van der Waals surface area (Å²) in [6.07, 6.45) is 0. The van der Waals surface area contributed by atoms with Crippen molar-refractivity contribution in [2.45, 2.75) is 40.7 Å². The standard InChI is InChI=1S/C19H24N2S/c1-12-6-8-14(3)17(10-12)16(5)20-19(22)21-18-11-13(2)7-9-15(18)4/h6-11,16H,1-5H3,(H2,20,21,22)/t16-/m1/s1. The van der Waals surface area contributed by atoms with Crippen molar-refractivity contribution >= 4 is 23.0 Å². The summed E-state index contributed by atoms with van der Waals surface area (Å²) in [7, 11) is 0. The second-order valence-corrected chi connectivity index (χ2v) is 6.41. The first-order valence-electron chi connectivity index (χ1n) is 7.58. The van der Waals surface area contributed by atoms with Gasteiger partial charge in [-0.25, -0.2) is 0 Å². The maximum atomic E-state index is 5.47. The number of thiocarbonyl (C=S) groups is 1. The number of anilines is 1. The Balaban J connectivity index is 2.08. The van der Waals surface area contributed by atoms with Crippen LogP contribution in [-0.4, -0.2) is 5.11 Å². The van der Waals surface area contributed by atoms with Crippen molar-refractivity contribution in [2.24, 2.45) is 0 Å². The molecule has 0 amide bonds. The van der Waals surface area contributed by atoms with Crippen molar-refractivity contribution in [3.8, 4) is 0 Å². The molecule has 0 aliphatic heterocycles. The van der Waals surface area contributed by atoms with E-state index in [0.717, 1.165) is 5.69 Å². The van der Waals surface area contributed by atoms with Crippen LogP contribution < -0.4 is 10.6 Å². The highest BCUT2D eigenvalue weighted by Crippen LogP contribution is 2.20. The van der Waals surface area contributed by atoms with Gasteiger partial charge in [0.25, 0.3) is 0 Å². The highest BCUT2D eigenvalue weighted by molar-refractivity contribution is 7.80. The Morgan fingerprint density at radius 1 is 0.909 bits per heavy atom. The summed E-state index contributed by atoms with van der Waals surface area (Å²) in [5.41, 5.74) is 7.30. The van der Waals surface area contributed by atoms with Gasteiger partial charge in [-0.05, 0) is 75.2 Å². The van der Waals surface area contributed by atoms with E-state index in [2.05, 4.69) is 81.7 Å². The molecule has 116 valence electrons. The number of rotatable bonds is 3. The normalized spacial score (nSPS) is 11.9. The Kier molecular flexibility index (Phi) is 5.19. The van der Waals surface area contributed by atoms with Gasteiger partial charge in [-0.15, -0.1) is 0 Å². The van der Waals surface area contributed by atoms with Crippen molar-refractivity contribution in [2.75, 3.05) is 5.32 Å². The average Bonchev–Trinajstić information content (AvgIpc) is 2.45. The van der Waals surface area contributed by atoms with Crippen molar-refractivity contribution in [3.05, 3.63) is 64.2 Å². The lowest BCUT2D eigenvalue weighted by atomic mass is 10.0. The lowest BCUT2D eigenvalue weighted by molar-refractivity contribution is 0.716. The van der Waals surface area contributed by atoms with E-state index in [9.17, 15) is 0 Å². The quantitative estimate of drug-likeness (QED) is 0.783. The van der Waals surface area contributed by atoms with E-state index in [1.165, 1.54) is 27.8 Å². The molecule has 22 heavy (non-hydrogen) atoms. The van der Waals surface area contributed by atoms with Crippen LogP contribution in [0, 0.1) is 27.7 Å². The Labute approximate surface area is 139 Å². The van der Waals surface area contributed by atoms with Gasteiger partial charge in [-0.1, -0.05) is 35.9 Å². The molecule has 3 heteroatoms. The molecular weight excluding hydrogens is 288 g/mol. The number of aryl methyl sites for hydroxylation is 4. The minimum absolute atomic E-state index is 0.171. The van der Waals surface area contributed by atoms with Gasteiger partial charge in [0.2, 0.25) is 0 Å². The summed E-state index contributed by atoms with van der Waals surface area (Å²) in [4.78, 5) is 0. The summed E-state index contributed by atoms with van der Waals surface area (Å²) in [6.45, 7) is 10.5. The third-order valence-electron chi connectivity index (χ3n) is 3.89. The van der Waals surface area contributed by atoms with Gasteiger partial charge in [-0.3, -0.25) is 0 Å². The second kappa shape index (κ2) is 6.93. The van der Waals surface area contributed by atoms with Gasteiger partial charge in [0, 0.05) is 5.69 Å². The molecule has 0 aromatic heterocycles. The molecule has 2 nitrogen and oxygen atoms in total. The SMILES string of the molecule is Cc1ccc(C)c(NC(=S)N[C@H](C)c2cc(C)ccc2C)c1. The first-order chi connectivity index (χ1) is 10.4. The van der Waals surface area contributed by atoms with Crippen LogP contribution >= 0.6 is 12.2 Å². The Hall–Kier alpha value is -1.87. The van der Waals surface area contributed by atoms with E-state index in [1.54, 1.807) is 0 Å². The lowest BCUT2D eigenvalue weighted by Gasteiger charge is -2.20. The topological polar surface area (TPSA) is 24.1 Å². The van der Waals surface area contributed by atoms with E-state index in [4.69, 9.17) is 12.2 Å². The Morgan fingerprint density at radius 2 is 1.50 bits per heavy atom. The molecule has 0 heterocycles. The third-order valence-corrected chi connectivity index (χ3v) is 4.11. The zero-order valence-corrected chi connectivity index (χ0v) is 14.8. The Bertz CT molecular complexity index is 692. The number of benzene rings is 2. The highest BCUT2D eigenvalue weighted by atomic mass is 32.1. The van der Waals surface area contributed by atoms with E-state index < -0.39 is 0 Å². The minimum Gasteiger partial charge on any atom is -0.356 e. The van der Waals surface area contributed by atoms with Gasteiger partial charge in [0.1, 0.15) is 0 Å². The fourth-order valence-electron chi connectivity index (χ4n) is 2.53. The van der Waals surface area contributed by atoms with E-state index in [-0.39, 0.29) is 6.04 Å². The van der Waals surface area contributed by atoms with Gasteiger partial charge >= 0.3 is 0 Å². The monoisotopic (exact) mass is 312 g/mol. The van der Waals surface area contributed by atoms with Gasteiger partial charge < -0.3 is 10.6 Å². The summed E-state index contributed by atoms with van der Waals surface area (Å²) < 4.78 is 0. The highest BCUT2D eigenvalue weighted by Gasteiger charge is 2.10. The first-order valence-corrected chi connectivity index (χ1v) is 7.99. The molecule has 0 spiro atoms. The average molecular weight is 312 g/mol. The van der Waals surface area contributed by atoms with Crippen molar-refractivity contribution in [3.63, 3.8) is 0 Å². The molecule has 2 aromatic rings. The van der Waals surface area contributed by atoms with E-state index in [0.29, 0.717) is 5.11 Å². The predicted molar refractivity (Wildman–Crippen MR) is 99.6 cm³/mol. The fourth-order valence-corrected chi connectivity index (χ4v) is 2.82. The van der Waals surface area contributed by atoms with Crippen LogP contribution in [0.3, 0.4) is 0 Å². The molecule has 2 N–H and O–H groups in total. The van der Waals surface area contributed by atoms with Crippen molar-refractivity contribution in [1.82, 2.24) is 5.32 Å². The molecule has 2 aromatic carbocycles. The summed E-state index contributed by atoms with van der Waals surface area (Å²) in [6, 6.07) is 13.0. The van der Waals surface area contributed by atoms with E-state index in [1.807, 2.05) is 0 Å². The van der Waals surface area contributed by atoms with Crippen molar-refractivity contribution in [1.29, 1.82) is 0 Å². The lowest BCUT2D eigenvalue weighted by Crippen LogP contribution is -2.31. The van der Waals surface area contributed by atoms with Crippen LogP contribution in [0.4, 0.5) is 5.69 Å². The minimum atomic E-state index is 0.171. The third kappa shape index (κ3) is 4.08. The fraction of sp³-hybridized carbons (Fsp3) is 0.316. The first kappa shape index (κ1) is 16.5. The van der Waals surface area contributed by atoms with Crippen LogP contribution in [0.1, 0.15) is 40.8 Å². The van der Waals surface area contributed by atoms with Crippen LogP contribution in [0.15, 0.2) is 36.4 Å². The zero-order chi connectivity index (χ0) is 16.3. The molecule has 0 saturated heterocycles. The molecule has 1 atom stereocenters. The molecule has 0 fully saturated rings. The van der Waals surface area contributed by atoms with Gasteiger partial charge in [0.15, 0.2) is 5.11 Å². The molecule has 0 radical (unpaired) electrons. The molecule has 0 unspecified atom stereocenters. The smallest absolute Gasteiger partial charge is 0.171 e. The maximum Gasteiger partial charge on any atom is 0.171 e. The van der Waals surface area contributed by atoms with Gasteiger partial charge in [0.05, 0.1) is 6.04 Å². The molecule has 0 bridgehead atoms. The maximum absolute atomic E-state index is 5.47.